The molecule has 1 aromatic carbocycles. The fraction of sp³-hybridized carbons (Fsp3) is 0.429. The average Bonchev–Trinajstić information content (AvgIpc) is 2.89. The van der Waals surface area contributed by atoms with Gasteiger partial charge in [-0.25, -0.2) is 4.39 Å². The summed E-state index contributed by atoms with van der Waals surface area (Å²) >= 11 is 5.98. The van der Waals surface area contributed by atoms with Crippen LogP contribution >= 0.6 is 11.6 Å². The molecule has 0 spiro atoms. The Kier molecular flexibility index (Phi) is 5.09. The molecule has 1 unspecified atom stereocenters. The van der Waals surface area contributed by atoms with E-state index < -0.39 is 0 Å². The Bertz CT molecular complexity index is 553. The van der Waals surface area contributed by atoms with Gasteiger partial charge in [-0.3, -0.25) is 0 Å². The van der Waals surface area contributed by atoms with Crippen LogP contribution in [0.25, 0.3) is 0 Å². The second-order valence-electron chi connectivity index (χ2n) is 4.43. The zero-order valence-corrected chi connectivity index (χ0v) is 12.2. The van der Waals surface area contributed by atoms with Crippen LogP contribution in [0.15, 0.2) is 22.6 Å². The minimum Gasteiger partial charge on any atom is -0.423 e. The van der Waals surface area contributed by atoms with Gasteiger partial charge in [0.2, 0.25) is 11.8 Å². The lowest BCUT2D eigenvalue weighted by Gasteiger charge is -2.10. The number of nitrogens with zero attached hydrogens (tertiary/aromatic N) is 2. The summed E-state index contributed by atoms with van der Waals surface area (Å²) in [7, 11) is 0. The Hall–Kier alpha value is -1.46. The lowest BCUT2D eigenvalue weighted by atomic mass is 10.1. The number of hydrogen-bond acceptors (Lipinski definition) is 4. The minimum absolute atomic E-state index is 0.0253. The van der Waals surface area contributed by atoms with Gasteiger partial charge in [0.15, 0.2) is 0 Å². The fourth-order valence-corrected chi connectivity index (χ4v) is 2.21. The topological polar surface area (TPSA) is 51.0 Å². The maximum absolute atomic E-state index is 13.7. The summed E-state index contributed by atoms with van der Waals surface area (Å²) in [5, 5.41) is 11.6. The van der Waals surface area contributed by atoms with Crippen molar-refractivity contribution in [3.05, 3.63) is 46.4 Å². The first-order valence-electron chi connectivity index (χ1n) is 6.64. The summed E-state index contributed by atoms with van der Waals surface area (Å²) in [5.41, 5.74) is 0.376. The van der Waals surface area contributed by atoms with Crippen LogP contribution in [0.3, 0.4) is 0 Å². The van der Waals surface area contributed by atoms with Gasteiger partial charge in [0.05, 0.1) is 12.5 Å². The summed E-state index contributed by atoms with van der Waals surface area (Å²) in [6, 6.07) is 4.60. The molecule has 6 heteroatoms. The molecule has 1 heterocycles. The van der Waals surface area contributed by atoms with Gasteiger partial charge in [0.25, 0.3) is 0 Å². The van der Waals surface area contributed by atoms with E-state index in [1.54, 1.807) is 12.1 Å². The lowest BCUT2D eigenvalue weighted by Crippen LogP contribution is -2.20. The molecule has 0 fully saturated rings. The highest BCUT2D eigenvalue weighted by Crippen LogP contribution is 2.23. The van der Waals surface area contributed by atoms with E-state index in [1.807, 2.05) is 13.8 Å². The molecule has 4 nitrogen and oxygen atoms in total. The van der Waals surface area contributed by atoms with Crippen LogP contribution in [-0.2, 0) is 6.42 Å². The van der Waals surface area contributed by atoms with Crippen LogP contribution < -0.4 is 5.32 Å². The molecular formula is C14H17ClFN3O. The Morgan fingerprint density at radius 3 is 2.80 bits per heavy atom. The second kappa shape index (κ2) is 6.81. The molecule has 2 aromatic rings. The molecule has 1 N–H and O–H groups in total. The lowest BCUT2D eigenvalue weighted by molar-refractivity contribution is 0.379. The molecule has 20 heavy (non-hydrogen) atoms. The molecule has 0 radical (unpaired) electrons. The maximum atomic E-state index is 13.7. The smallest absolute Gasteiger partial charge is 0.233 e. The van der Waals surface area contributed by atoms with E-state index in [9.17, 15) is 4.39 Å². The maximum Gasteiger partial charge on any atom is 0.233 e. The normalized spacial score (nSPS) is 12.6. The van der Waals surface area contributed by atoms with Crippen molar-refractivity contribution >= 4 is 11.6 Å². The first-order chi connectivity index (χ1) is 9.65. The van der Waals surface area contributed by atoms with Crippen LogP contribution in [0.1, 0.15) is 43.7 Å². The first-order valence-corrected chi connectivity index (χ1v) is 7.02. The van der Waals surface area contributed by atoms with E-state index >= 15 is 0 Å². The van der Waals surface area contributed by atoms with Gasteiger partial charge < -0.3 is 9.73 Å². The molecule has 0 saturated heterocycles. The summed E-state index contributed by atoms with van der Waals surface area (Å²) in [6.07, 6.45) is 1.04. The monoisotopic (exact) mass is 297 g/mol. The molecule has 0 aliphatic heterocycles. The van der Waals surface area contributed by atoms with Crippen molar-refractivity contribution in [2.75, 3.05) is 6.54 Å². The zero-order chi connectivity index (χ0) is 14.5. The zero-order valence-electron chi connectivity index (χ0n) is 11.5. The standard InChI is InChI=1S/C14H17ClFN3O/c1-3-12(17-4-2)14-19-18-13(20-14)8-9-10(15)6-5-7-11(9)16/h5-7,12,17H,3-4,8H2,1-2H3. The first kappa shape index (κ1) is 14.9. The van der Waals surface area contributed by atoms with Crippen LogP contribution in [0.5, 0.6) is 0 Å². The molecule has 0 amide bonds. The molecule has 1 atom stereocenters. The highest BCUT2D eigenvalue weighted by atomic mass is 35.5. The average molecular weight is 298 g/mol. The molecule has 0 bridgehead atoms. The van der Waals surface area contributed by atoms with Crippen molar-refractivity contribution in [2.45, 2.75) is 32.7 Å². The molecule has 0 aliphatic rings. The second-order valence-corrected chi connectivity index (χ2v) is 4.84. The van der Waals surface area contributed by atoms with Gasteiger partial charge in [0, 0.05) is 10.6 Å². The number of aromatic nitrogens is 2. The van der Waals surface area contributed by atoms with Crippen molar-refractivity contribution in [1.29, 1.82) is 0 Å². The summed E-state index contributed by atoms with van der Waals surface area (Å²) in [4.78, 5) is 0. The summed E-state index contributed by atoms with van der Waals surface area (Å²) in [6.45, 7) is 4.86. The Morgan fingerprint density at radius 2 is 2.15 bits per heavy atom. The third-order valence-corrected chi connectivity index (χ3v) is 3.38. The van der Waals surface area contributed by atoms with E-state index in [-0.39, 0.29) is 18.3 Å². The van der Waals surface area contributed by atoms with Gasteiger partial charge in [-0.05, 0) is 25.1 Å². The largest absolute Gasteiger partial charge is 0.423 e. The van der Waals surface area contributed by atoms with E-state index in [1.165, 1.54) is 6.07 Å². The van der Waals surface area contributed by atoms with Gasteiger partial charge in [0.1, 0.15) is 5.82 Å². The number of benzene rings is 1. The van der Waals surface area contributed by atoms with Crippen LogP contribution in [-0.4, -0.2) is 16.7 Å². The molecular weight excluding hydrogens is 281 g/mol. The Labute approximate surface area is 122 Å². The Balaban J connectivity index is 2.17. The third-order valence-electron chi connectivity index (χ3n) is 3.03. The minimum atomic E-state index is -0.365. The fourth-order valence-electron chi connectivity index (χ4n) is 1.98. The van der Waals surface area contributed by atoms with Crippen LogP contribution in [0.4, 0.5) is 4.39 Å². The van der Waals surface area contributed by atoms with Crippen molar-refractivity contribution < 1.29 is 8.81 Å². The summed E-state index contributed by atoms with van der Waals surface area (Å²) in [5.74, 6) is 0.524. The number of hydrogen-bond donors (Lipinski definition) is 1. The third kappa shape index (κ3) is 3.35. The van der Waals surface area contributed by atoms with E-state index in [0.29, 0.717) is 22.4 Å². The van der Waals surface area contributed by atoms with Crippen LogP contribution in [0.2, 0.25) is 5.02 Å². The predicted octanol–water partition coefficient (Wildman–Crippen LogP) is 3.51. The van der Waals surface area contributed by atoms with Gasteiger partial charge in [-0.1, -0.05) is 31.5 Å². The quantitative estimate of drug-likeness (QED) is 0.886. The number of rotatable bonds is 6. The van der Waals surface area contributed by atoms with Crippen molar-refractivity contribution in [2.24, 2.45) is 0 Å². The van der Waals surface area contributed by atoms with Crippen molar-refractivity contribution in [3.8, 4) is 0 Å². The SMILES string of the molecule is CCNC(CC)c1nnc(Cc2c(F)cccc2Cl)o1. The van der Waals surface area contributed by atoms with Crippen LogP contribution in [0, 0.1) is 5.82 Å². The van der Waals surface area contributed by atoms with E-state index in [4.69, 9.17) is 16.0 Å². The Morgan fingerprint density at radius 1 is 1.35 bits per heavy atom. The van der Waals surface area contributed by atoms with Gasteiger partial charge in [-0.2, -0.15) is 0 Å². The van der Waals surface area contributed by atoms with E-state index in [2.05, 4.69) is 15.5 Å². The van der Waals surface area contributed by atoms with E-state index in [0.717, 1.165) is 13.0 Å². The molecule has 0 aliphatic carbocycles. The molecule has 2 rings (SSSR count). The molecule has 108 valence electrons. The number of nitrogens with one attached hydrogen (secondary N) is 1. The molecule has 1 aromatic heterocycles. The predicted molar refractivity (Wildman–Crippen MR) is 75.2 cm³/mol. The van der Waals surface area contributed by atoms with Crippen molar-refractivity contribution in [1.82, 2.24) is 15.5 Å². The highest BCUT2D eigenvalue weighted by Gasteiger charge is 2.17. The van der Waals surface area contributed by atoms with Gasteiger partial charge in [-0.15, -0.1) is 10.2 Å². The number of halogens is 2. The molecule has 0 saturated carbocycles. The van der Waals surface area contributed by atoms with Gasteiger partial charge >= 0.3 is 0 Å². The highest BCUT2D eigenvalue weighted by molar-refractivity contribution is 6.31. The van der Waals surface area contributed by atoms with Crippen molar-refractivity contribution in [3.63, 3.8) is 0 Å². The summed E-state index contributed by atoms with van der Waals surface area (Å²) < 4.78 is 19.3.